The number of hydrogen-bond donors (Lipinski definition) is 1. The molecule has 1 aromatic rings. The molecule has 152 valence electrons. The molecule has 0 aromatic heterocycles. The van der Waals surface area contributed by atoms with Crippen molar-refractivity contribution in [2.24, 2.45) is 5.92 Å². The third kappa shape index (κ3) is 4.57. The van der Waals surface area contributed by atoms with Crippen LogP contribution in [0.5, 0.6) is 0 Å². The summed E-state index contributed by atoms with van der Waals surface area (Å²) < 4.78 is 14.0. The zero-order chi connectivity index (χ0) is 20.1. The van der Waals surface area contributed by atoms with Gasteiger partial charge in [-0.15, -0.1) is 0 Å². The lowest BCUT2D eigenvalue weighted by Gasteiger charge is -2.41. The summed E-state index contributed by atoms with van der Waals surface area (Å²) in [7, 11) is 0. The molecule has 1 unspecified atom stereocenters. The summed E-state index contributed by atoms with van der Waals surface area (Å²) in [6.45, 7) is 6.40. The van der Waals surface area contributed by atoms with Crippen LogP contribution in [0.15, 0.2) is 18.2 Å². The van der Waals surface area contributed by atoms with E-state index >= 15 is 0 Å². The number of likely N-dealkylation sites (tertiary alicyclic amines) is 1. The van der Waals surface area contributed by atoms with Crippen molar-refractivity contribution in [1.82, 2.24) is 10.2 Å². The predicted molar refractivity (Wildman–Crippen MR) is 109 cm³/mol. The Balaban J connectivity index is 1.69. The molecule has 6 heteroatoms. The van der Waals surface area contributed by atoms with Crippen LogP contribution < -0.4 is 10.2 Å². The molecular formula is C22H31FN4O. The lowest BCUT2D eigenvalue weighted by molar-refractivity contribution is 0.135. The normalized spacial score (nSPS) is 21.3. The van der Waals surface area contributed by atoms with Gasteiger partial charge in [-0.1, -0.05) is 18.9 Å². The van der Waals surface area contributed by atoms with Gasteiger partial charge in [-0.3, -0.25) is 0 Å². The molecule has 2 aliphatic heterocycles. The molecule has 0 bridgehead atoms. The Kier molecular flexibility index (Phi) is 6.77. The van der Waals surface area contributed by atoms with Crippen molar-refractivity contribution in [2.45, 2.75) is 64.5 Å². The Morgan fingerprint density at radius 1 is 1.18 bits per heavy atom. The van der Waals surface area contributed by atoms with E-state index in [1.165, 1.54) is 18.9 Å². The minimum Gasteiger partial charge on any atom is -0.370 e. The fraction of sp³-hybridized carbons (Fsp3) is 0.636. The van der Waals surface area contributed by atoms with E-state index in [2.05, 4.69) is 15.1 Å². The largest absolute Gasteiger partial charge is 0.370 e. The number of hydrogen-bond acceptors (Lipinski definition) is 3. The van der Waals surface area contributed by atoms with Gasteiger partial charge < -0.3 is 15.1 Å². The number of anilines is 1. The van der Waals surface area contributed by atoms with Crippen molar-refractivity contribution in [3.63, 3.8) is 0 Å². The molecule has 0 spiro atoms. The average molecular weight is 387 g/mol. The quantitative estimate of drug-likeness (QED) is 0.844. The van der Waals surface area contributed by atoms with Crippen molar-refractivity contribution in [3.8, 4) is 6.07 Å². The number of halogens is 1. The number of nitriles is 1. The monoisotopic (exact) mass is 386 g/mol. The fourth-order valence-electron chi connectivity index (χ4n) is 4.62. The Bertz CT molecular complexity index is 722. The summed E-state index contributed by atoms with van der Waals surface area (Å²) in [5, 5.41) is 12.4. The van der Waals surface area contributed by atoms with Gasteiger partial charge in [-0.2, -0.15) is 5.26 Å². The van der Waals surface area contributed by atoms with Gasteiger partial charge in [0.1, 0.15) is 17.4 Å². The third-order valence-corrected chi connectivity index (χ3v) is 6.00. The molecule has 2 amide bonds. The number of nitrogens with one attached hydrogen (secondary N) is 1. The van der Waals surface area contributed by atoms with Crippen LogP contribution >= 0.6 is 0 Å². The molecule has 2 heterocycles. The highest BCUT2D eigenvalue weighted by molar-refractivity contribution is 5.75. The Labute approximate surface area is 167 Å². The molecule has 28 heavy (non-hydrogen) atoms. The van der Waals surface area contributed by atoms with Crippen LogP contribution in [-0.2, 0) is 0 Å². The number of urea groups is 1. The SMILES string of the molecule is CC(C)NC(=O)N1CCCCCC1C1CCN(c2cccc(F)c2C#N)CC1. The van der Waals surface area contributed by atoms with Gasteiger partial charge in [0.2, 0.25) is 0 Å². The van der Waals surface area contributed by atoms with Crippen LogP contribution in [0, 0.1) is 23.1 Å². The maximum absolute atomic E-state index is 14.0. The number of carbonyl (C=O) groups excluding carboxylic acids is 1. The van der Waals surface area contributed by atoms with Gasteiger partial charge in [0, 0.05) is 31.7 Å². The summed E-state index contributed by atoms with van der Waals surface area (Å²) >= 11 is 0. The smallest absolute Gasteiger partial charge is 0.317 e. The van der Waals surface area contributed by atoms with E-state index in [0.29, 0.717) is 11.6 Å². The Morgan fingerprint density at radius 3 is 2.61 bits per heavy atom. The highest BCUT2D eigenvalue weighted by atomic mass is 19.1. The zero-order valence-corrected chi connectivity index (χ0v) is 17.0. The van der Waals surface area contributed by atoms with E-state index < -0.39 is 5.82 Å². The standard InChI is InChI=1S/C22H31FN4O/c1-16(2)25-22(28)27-12-5-3-4-8-20(27)17-10-13-26(14-11-17)21-9-6-7-19(23)18(21)15-24/h6-7,9,16-17,20H,3-5,8,10-14H2,1-2H3,(H,25,28). The number of nitrogens with zero attached hydrogens (tertiary/aromatic N) is 3. The van der Waals surface area contributed by atoms with Gasteiger partial charge in [-0.05, 0) is 57.6 Å². The Morgan fingerprint density at radius 2 is 1.93 bits per heavy atom. The van der Waals surface area contributed by atoms with Crippen molar-refractivity contribution in [3.05, 3.63) is 29.6 Å². The van der Waals surface area contributed by atoms with Crippen LogP contribution in [0.25, 0.3) is 0 Å². The molecule has 3 rings (SSSR count). The highest BCUT2D eigenvalue weighted by Crippen LogP contribution is 2.33. The van der Waals surface area contributed by atoms with Crippen molar-refractivity contribution in [1.29, 1.82) is 5.26 Å². The van der Waals surface area contributed by atoms with E-state index in [1.807, 2.05) is 26.0 Å². The van der Waals surface area contributed by atoms with Gasteiger partial charge in [-0.25, -0.2) is 9.18 Å². The van der Waals surface area contributed by atoms with E-state index in [-0.39, 0.29) is 23.7 Å². The van der Waals surface area contributed by atoms with Gasteiger partial charge in [0.15, 0.2) is 0 Å². The van der Waals surface area contributed by atoms with Crippen LogP contribution in [0.1, 0.15) is 57.9 Å². The lowest BCUT2D eigenvalue weighted by Crippen LogP contribution is -2.52. The van der Waals surface area contributed by atoms with Crippen molar-refractivity contribution < 1.29 is 9.18 Å². The molecule has 1 N–H and O–H groups in total. The zero-order valence-electron chi connectivity index (χ0n) is 17.0. The third-order valence-electron chi connectivity index (χ3n) is 6.00. The van der Waals surface area contributed by atoms with Crippen LogP contribution in [0.3, 0.4) is 0 Å². The molecule has 1 atom stereocenters. The molecule has 0 saturated carbocycles. The molecule has 1 aromatic carbocycles. The number of amides is 2. The summed E-state index contributed by atoms with van der Waals surface area (Å²) in [4.78, 5) is 16.9. The fourth-order valence-corrected chi connectivity index (χ4v) is 4.62. The number of carbonyl (C=O) groups is 1. The van der Waals surface area contributed by atoms with E-state index in [4.69, 9.17) is 0 Å². The summed E-state index contributed by atoms with van der Waals surface area (Å²) in [5.41, 5.74) is 0.824. The maximum Gasteiger partial charge on any atom is 0.317 e. The maximum atomic E-state index is 14.0. The van der Waals surface area contributed by atoms with E-state index in [1.54, 1.807) is 6.07 Å². The second kappa shape index (κ2) is 9.27. The van der Waals surface area contributed by atoms with Crippen molar-refractivity contribution >= 4 is 11.7 Å². The molecular weight excluding hydrogens is 355 g/mol. The number of piperidine rings is 1. The van der Waals surface area contributed by atoms with Crippen LogP contribution in [-0.4, -0.2) is 42.6 Å². The van der Waals surface area contributed by atoms with Crippen LogP contribution in [0.4, 0.5) is 14.9 Å². The molecule has 5 nitrogen and oxygen atoms in total. The lowest BCUT2D eigenvalue weighted by atomic mass is 9.86. The molecule has 0 aliphatic carbocycles. The summed E-state index contributed by atoms with van der Waals surface area (Å²) in [5.74, 6) is -0.00576. The highest BCUT2D eigenvalue weighted by Gasteiger charge is 2.34. The summed E-state index contributed by atoms with van der Waals surface area (Å²) in [6, 6.07) is 7.30. The second-order valence-electron chi connectivity index (χ2n) is 8.28. The molecule has 2 aliphatic rings. The van der Waals surface area contributed by atoms with Gasteiger partial charge >= 0.3 is 6.03 Å². The number of benzene rings is 1. The Hall–Kier alpha value is -2.29. The molecule has 0 radical (unpaired) electrons. The second-order valence-corrected chi connectivity index (χ2v) is 8.28. The first-order valence-corrected chi connectivity index (χ1v) is 10.5. The van der Waals surface area contributed by atoms with Crippen molar-refractivity contribution in [2.75, 3.05) is 24.5 Å². The minimum absolute atomic E-state index is 0.0567. The molecule has 2 fully saturated rings. The molecule has 2 saturated heterocycles. The summed E-state index contributed by atoms with van der Waals surface area (Å²) in [6.07, 6.45) is 6.37. The average Bonchev–Trinajstić information content (AvgIpc) is 2.93. The number of rotatable bonds is 3. The van der Waals surface area contributed by atoms with E-state index in [9.17, 15) is 14.4 Å². The van der Waals surface area contributed by atoms with Gasteiger partial charge in [0.05, 0.1) is 5.69 Å². The van der Waals surface area contributed by atoms with Crippen LogP contribution in [0.2, 0.25) is 0 Å². The van der Waals surface area contributed by atoms with E-state index in [0.717, 1.165) is 45.3 Å². The topological polar surface area (TPSA) is 59.4 Å². The minimum atomic E-state index is -0.456. The first-order valence-electron chi connectivity index (χ1n) is 10.5. The van der Waals surface area contributed by atoms with Gasteiger partial charge in [0.25, 0.3) is 0 Å². The predicted octanol–water partition coefficient (Wildman–Crippen LogP) is 4.28. The first-order chi connectivity index (χ1) is 13.5. The first kappa shape index (κ1) is 20.4.